The standard InChI is InChI=1S/C14H28N2O2S2/c1-10-6-11(2)12(13(15)7-10)8-16-4-5-19-9-14(16)20(3,17)18/h10-14H,4-9,15H2,1-3H3. The first-order valence-electron chi connectivity index (χ1n) is 7.55. The lowest BCUT2D eigenvalue weighted by molar-refractivity contribution is 0.116. The molecule has 0 aromatic carbocycles. The van der Waals surface area contributed by atoms with E-state index in [1.807, 2.05) is 0 Å². The van der Waals surface area contributed by atoms with E-state index >= 15 is 0 Å². The number of rotatable bonds is 3. The van der Waals surface area contributed by atoms with E-state index in [4.69, 9.17) is 5.73 Å². The molecular formula is C14H28N2O2S2. The van der Waals surface area contributed by atoms with Crippen LogP contribution in [0.1, 0.15) is 26.7 Å². The van der Waals surface area contributed by atoms with Crippen LogP contribution >= 0.6 is 11.8 Å². The molecule has 4 nitrogen and oxygen atoms in total. The van der Waals surface area contributed by atoms with Crippen molar-refractivity contribution in [2.45, 2.75) is 38.1 Å². The molecule has 20 heavy (non-hydrogen) atoms. The second kappa shape index (κ2) is 6.55. The topological polar surface area (TPSA) is 63.4 Å². The zero-order valence-electron chi connectivity index (χ0n) is 12.8. The summed E-state index contributed by atoms with van der Waals surface area (Å²) in [5, 5.41) is -0.319. The van der Waals surface area contributed by atoms with Crippen molar-refractivity contribution in [1.29, 1.82) is 0 Å². The van der Waals surface area contributed by atoms with Crippen molar-refractivity contribution >= 4 is 21.6 Å². The maximum Gasteiger partial charge on any atom is 0.164 e. The molecule has 1 aliphatic carbocycles. The minimum absolute atomic E-state index is 0.212. The van der Waals surface area contributed by atoms with Crippen molar-refractivity contribution in [2.75, 3.05) is 30.9 Å². The molecule has 2 fully saturated rings. The van der Waals surface area contributed by atoms with Crippen LogP contribution in [0.5, 0.6) is 0 Å². The molecular weight excluding hydrogens is 292 g/mol. The lowest BCUT2D eigenvalue weighted by atomic mass is 9.72. The molecule has 2 aliphatic rings. The van der Waals surface area contributed by atoms with Gasteiger partial charge in [-0.15, -0.1) is 0 Å². The zero-order valence-corrected chi connectivity index (χ0v) is 14.4. The van der Waals surface area contributed by atoms with Gasteiger partial charge in [-0.2, -0.15) is 11.8 Å². The minimum Gasteiger partial charge on any atom is -0.327 e. The predicted molar refractivity (Wildman–Crippen MR) is 86.6 cm³/mol. The Morgan fingerprint density at radius 3 is 2.60 bits per heavy atom. The molecule has 0 amide bonds. The van der Waals surface area contributed by atoms with Crippen molar-refractivity contribution in [1.82, 2.24) is 4.90 Å². The fourth-order valence-corrected chi connectivity index (χ4v) is 6.73. The van der Waals surface area contributed by atoms with Crippen LogP contribution in [0.25, 0.3) is 0 Å². The third kappa shape index (κ3) is 3.90. The van der Waals surface area contributed by atoms with Gasteiger partial charge in [0.25, 0.3) is 0 Å². The number of hydrogen-bond donors (Lipinski definition) is 1. The normalized spacial score (nSPS) is 40.7. The summed E-state index contributed by atoms with van der Waals surface area (Å²) in [7, 11) is -3.01. The molecule has 2 N–H and O–H groups in total. The highest BCUT2D eigenvalue weighted by Crippen LogP contribution is 2.34. The predicted octanol–water partition coefficient (Wildman–Crippen LogP) is 1.42. The van der Waals surface area contributed by atoms with Crippen LogP contribution in [0.15, 0.2) is 0 Å². The highest BCUT2D eigenvalue weighted by atomic mass is 32.2. The van der Waals surface area contributed by atoms with E-state index < -0.39 is 9.84 Å². The van der Waals surface area contributed by atoms with E-state index in [0.29, 0.717) is 23.5 Å². The molecule has 0 radical (unpaired) electrons. The van der Waals surface area contributed by atoms with Crippen molar-refractivity contribution in [2.24, 2.45) is 23.5 Å². The summed E-state index contributed by atoms with van der Waals surface area (Å²) >= 11 is 1.75. The van der Waals surface area contributed by atoms with Gasteiger partial charge in [0.05, 0.1) is 0 Å². The van der Waals surface area contributed by atoms with Gasteiger partial charge < -0.3 is 5.73 Å². The van der Waals surface area contributed by atoms with E-state index in [9.17, 15) is 8.42 Å². The monoisotopic (exact) mass is 320 g/mol. The summed E-state index contributed by atoms with van der Waals surface area (Å²) in [6.07, 6.45) is 3.65. The van der Waals surface area contributed by atoms with Crippen molar-refractivity contribution < 1.29 is 8.42 Å². The summed E-state index contributed by atoms with van der Waals surface area (Å²) in [6, 6.07) is 0.212. The van der Waals surface area contributed by atoms with Crippen LogP contribution in [0.3, 0.4) is 0 Å². The first-order valence-corrected chi connectivity index (χ1v) is 10.7. The summed E-state index contributed by atoms with van der Waals surface area (Å²) in [5.74, 6) is 3.44. The van der Waals surface area contributed by atoms with Gasteiger partial charge >= 0.3 is 0 Å². The molecule has 5 atom stereocenters. The van der Waals surface area contributed by atoms with Crippen LogP contribution in [0.2, 0.25) is 0 Å². The minimum atomic E-state index is -3.01. The molecule has 0 aromatic rings. The van der Waals surface area contributed by atoms with Gasteiger partial charge in [0.15, 0.2) is 9.84 Å². The van der Waals surface area contributed by atoms with Crippen LogP contribution in [0, 0.1) is 17.8 Å². The lowest BCUT2D eigenvalue weighted by Crippen LogP contribution is -2.53. The number of nitrogens with zero attached hydrogens (tertiary/aromatic N) is 1. The Balaban J connectivity index is 2.06. The van der Waals surface area contributed by atoms with Crippen molar-refractivity contribution in [3.63, 3.8) is 0 Å². The van der Waals surface area contributed by atoms with Gasteiger partial charge in [-0.05, 0) is 30.6 Å². The number of hydrogen-bond acceptors (Lipinski definition) is 5. The molecule has 118 valence electrons. The van der Waals surface area contributed by atoms with Gasteiger partial charge in [-0.1, -0.05) is 13.8 Å². The summed E-state index contributed by atoms with van der Waals surface area (Å²) in [6.45, 7) is 6.25. The van der Waals surface area contributed by atoms with Crippen LogP contribution in [-0.4, -0.2) is 55.6 Å². The Morgan fingerprint density at radius 1 is 1.30 bits per heavy atom. The Hall–Kier alpha value is 0.220. The van der Waals surface area contributed by atoms with Gasteiger partial charge in [-0.25, -0.2) is 8.42 Å². The average molecular weight is 321 g/mol. The molecule has 1 saturated heterocycles. The van der Waals surface area contributed by atoms with E-state index in [1.165, 1.54) is 12.7 Å². The molecule has 1 heterocycles. The second-order valence-corrected chi connectivity index (χ2v) is 10.1. The molecule has 0 spiro atoms. The van der Waals surface area contributed by atoms with Crippen molar-refractivity contribution in [3.8, 4) is 0 Å². The fourth-order valence-electron chi connectivity index (χ4n) is 3.77. The lowest BCUT2D eigenvalue weighted by Gasteiger charge is -2.43. The third-order valence-electron chi connectivity index (χ3n) is 4.86. The Bertz CT molecular complexity index is 415. The molecule has 0 bridgehead atoms. The highest BCUT2D eigenvalue weighted by molar-refractivity contribution is 8.00. The van der Waals surface area contributed by atoms with Gasteiger partial charge in [0.1, 0.15) is 5.37 Å². The summed E-state index contributed by atoms with van der Waals surface area (Å²) in [4.78, 5) is 2.17. The number of nitrogens with two attached hydrogens (primary N) is 1. The van der Waals surface area contributed by atoms with Gasteiger partial charge in [-0.3, -0.25) is 4.90 Å². The first-order chi connectivity index (χ1) is 9.29. The maximum absolute atomic E-state index is 12.0. The van der Waals surface area contributed by atoms with Crippen LogP contribution < -0.4 is 5.73 Å². The Kier molecular flexibility index (Phi) is 5.43. The zero-order chi connectivity index (χ0) is 14.9. The SMILES string of the molecule is CC1CC(C)C(CN2CCSCC2S(C)(=O)=O)C(N)C1. The maximum atomic E-state index is 12.0. The fraction of sp³-hybridized carbons (Fsp3) is 1.00. The van der Waals surface area contributed by atoms with Crippen LogP contribution in [-0.2, 0) is 9.84 Å². The van der Waals surface area contributed by atoms with Gasteiger partial charge in [0, 0.05) is 36.9 Å². The molecule has 6 heteroatoms. The number of thioether (sulfide) groups is 1. The third-order valence-corrected chi connectivity index (χ3v) is 7.55. The van der Waals surface area contributed by atoms with E-state index in [2.05, 4.69) is 18.7 Å². The molecule has 5 unspecified atom stereocenters. The first kappa shape index (κ1) is 16.6. The Labute approximate surface area is 127 Å². The molecule has 0 aromatic heterocycles. The van der Waals surface area contributed by atoms with E-state index in [-0.39, 0.29) is 11.4 Å². The quantitative estimate of drug-likeness (QED) is 0.852. The summed E-state index contributed by atoms with van der Waals surface area (Å²) < 4.78 is 23.9. The Morgan fingerprint density at radius 2 is 2.00 bits per heavy atom. The molecule has 1 aliphatic heterocycles. The van der Waals surface area contributed by atoms with E-state index in [0.717, 1.165) is 25.3 Å². The smallest absolute Gasteiger partial charge is 0.164 e. The average Bonchev–Trinajstić information content (AvgIpc) is 2.33. The van der Waals surface area contributed by atoms with Gasteiger partial charge in [0.2, 0.25) is 0 Å². The molecule has 2 rings (SSSR count). The largest absolute Gasteiger partial charge is 0.327 e. The van der Waals surface area contributed by atoms with Crippen LogP contribution in [0.4, 0.5) is 0 Å². The highest BCUT2D eigenvalue weighted by Gasteiger charge is 2.37. The molecule has 1 saturated carbocycles. The van der Waals surface area contributed by atoms with E-state index in [1.54, 1.807) is 11.8 Å². The van der Waals surface area contributed by atoms with Crippen molar-refractivity contribution in [3.05, 3.63) is 0 Å². The summed E-state index contributed by atoms with van der Waals surface area (Å²) in [5.41, 5.74) is 6.35. The second-order valence-electron chi connectivity index (χ2n) is 6.74. The number of sulfone groups is 1.